The van der Waals surface area contributed by atoms with E-state index in [0.717, 1.165) is 0 Å². The van der Waals surface area contributed by atoms with Gasteiger partial charge in [0.05, 0.1) is 0 Å². The van der Waals surface area contributed by atoms with Gasteiger partial charge in [-0.1, -0.05) is 17.7 Å². The maximum Gasteiger partial charge on any atom is 0.258 e. The van der Waals surface area contributed by atoms with Crippen molar-refractivity contribution in [2.75, 3.05) is 19.7 Å². The summed E-state index contributed by atoms with van der Waals surface area (Å²) in [5.41, 5.74) is 0.354. The zero-order valence-electron chi connectivity index (χ0n) is 12.8. The third-order valence-electron chi connectivity index (χ3n) is 3.02. The Morgan fingerprint density at radius 1 is 1.04 bits per heavy atom. The Kier molecular flexibility index (Phi) is 6.45. The lowest BCUT2D eigenvalue weighted by Crippen LogP contribution is -2.36. The Hall–Kier alpha value is -2.73. The van der Waals surface area contributed by atoms with Crippen molar-refractivity contribution in [3.8, 4) is 11.5 Å². The van der Waals surface area contributed by atoms with Gasteiger partial charge in [-0.25, -0.2) is 0 Å². The normalized spacial score (nSPS) is 10.0. The molecule has 2 aromatic rings. The van der Waals surface area contributed by atoms with Crippen molar-refractivity contribution in [2.45, 2.75) is 0 Å². The molecule has 0 aliphatic heterocycles. The molecule has 0 radical (unpaired) electrons. The molecule has 0 saturated carbocycles. The van der Waals surface area contributed by atoms with Gasteiger partial charge in [0.1, 0.15) is 11.5 Å². The first-order valence-corrected chi connectivity index (χ1v) is 7.64. The number of carbonyl (C=O) groups excluding carboxylic acids is 2. The molecule has 0 unspecified atom stereocenters. The number of nitrogens with one attached hydrogen (secondary N) is 2. The van der Waals surface area contributed by atoms with E-state index in [9.17, 15) is 14.7 Å². The van der Waals surface area contributed by atoms with E-state index in [2.05, 4.69) is 10.6 Å². The van der Waals surface area contributed by atoms with Crippen LogP contribution in [0.15, 0.2) is 48.5 Å². The van der Waals surface area contributed by atoms with Crippen molar-refractivity contribution in [1.82, 2.24) is 10.6 Å². The molecule has 2 aromatic carbocycles. The predicted octanol–water partition coefficient (Wildman–Crippen LogP) is 1.97. The number of phenolic OH excluding ortho intramolecular Hbond substituents is 1. The molecule has 24 heavy (non-hydrogen) atoms. The molecule has 2 rings (SSSR count). The summed E-state index contributed by atoms with van der Waals surface area (Å²) in [4.78, 5) is 23.4. The summed E-state index contributed by atoms with van der Waals surface area (Å²) < 4.78 is 5.30. The van der Waals surface area contributed by atoms with Crippen LogP contribution < -0.4 is 15.4 Å². The van der Waals surface area contributed by atoms with Crippen molar-refractivity contribution in [2.24, 2.45) is 0 Å². The molecule has 6 nitrogen and oxygen atoms in total. The molecule has 0 aliphatic rings. The molecule has 126 valence electrons. The van der Waals surface area contributed by atoms with Crippen molar-refractivity contribution in [1.29, 1.82) is 0 Å². The van der Waals surface area contributed by atoms with Crippen LogP contribution in [0.5, 0.6) is 11.5 Å². The van der Waals surface area contributed by atoms with E-state index in [1.54, 1.807) is 36.4 Å². The summed E-state index contributed by atoms with van der Waals surface area (Å²) in [5, 5.41) is 15.2. The second-order valence-corrected chi connectivity index (χ2v) is 5.34. The van der Waals surface area contributed by atoms with Gasteiger partial charge in [0.2, 0.25) is 0 Å². The Labute approximate surface area is 144 Å². The monoisotopic (exact) mass is 348 g/mol. The minimum Gasteiger partial charge on any atom is -0.508 e. The molecule has 3 N–H and O–H groups in total. The van der Waals surface area contributed by atoms with Crippen molar-refractivity contribution in [3.63, 3.8) is 0 Å². The van der Waals surface area contributed by atoms with Crippen LogP contribution in [-0.2, 0) is 4.79 Å². The fourth-order valence-corrected chi connectivity index (χ4v) is 1.98. The number of phenols is 1. The Morgan fingerprint density at radius 3 is 2.46 bits per heavy atom. The molecule has 0 fully saturated rings. The number of ether oxygens (including phenoxy) is 1. The van der Waals surface area contributed by atoms with Gasteiger partial charge in [0, 0.05) is 23.7 Å². The number of aromatic hydroxyl groups is 1. The summed E-state index contributed by atoms with van der Waals surface area (Å²) in [5.74, 6) is -0.0452. The lowest BCUT2D eigenvalue weighted by atomic mass is 10.2. The van der Waals surface area contributed by atoms with Crippen molar-refractivity contribution < 1.29 is 19.4 Å². The van der Waals surface area contributed by atoms with Crippen LogP contribution >= 0.6 is 11.6 Å². The summed E-state index contributed by atoms with van der Waals surface area (Å²) in [6.07, 6.45) is 0. The summed E-state index contributed by atoms with van der Waals surface area (Å²) in [6, 6.07) is 12.7. The van der Waals surface area contributed by atoms with Crippen molar-refractivity contribution in [3.05, 3.63) is 59.1 Å². The highest BCUT2D eigenvalue weighted by molar-refractivity contribution is 6.30. The van der Waals surface area contributed by atoms with E-state index < -0.39 is 0 Å². The molecule has 0 atom stereocenters. The highest BCUT2D eigenvalue weighted by Crippen LogP contribution is 2.15. The molecule has 0 saturated heterocycles. The number of hydrogen-bond donors (Lipinski definition) is 3. The number of benzene rings is 2. The highest BCUT2D eigenvalue weighted by Gasteiger charge is 2.06. The molecular formula is C17H17ClN2O4. The molecule has 2 amide bonds. The van der Waals surface area contributed by atoms with Crippen LogP contribution in [0, 0.1) is 0 Å². The van der Waals surface area contributed by atoms with E-state index in [1.165, 1.54) is 12.1 Å². The summed E-state index contributed by atoms with van der Waals surface area (Å²) in [7, 11) is 0. The molecule has 0 bridgehead atoms. The van der Waals surface area contributed by atoms with Gasteiger partial charge >= 0.3 is 0 Å². The largest absolute Gasteiger partial charge is 0.508 e. The number of carbonyl (C=O) groups is 2. The predicted molar refractivity (Wildman–Crippen MR) is 90.4 cm³/mol. The molecule has 0 heterocycles. The van der Waals surface area contributed by atoms with Crippen LogP contribution in [0.2, 0.25) is 5.02 Å². The number of hydrogen-bond acceptors (Lipinski definition) is 4. The van der Waals surface area contributed by atoms with Crippen LogP contribution in [0.4, 0.5) is 0 Å². The highest BCUT2D eigenvalue weighted by atomic mass is 35.5. The smallest absolute Gasteiger partial charge is 0.258 e. The van der Waals surface area contributed by atoms with Gasteiger partial charge in [0.15, 0.2) is 6.61 Å². The van der Waals surface area contributed by atoms with E-state index >= 15 is 0 Å². The second-order valence-electron chi connectivity index (χ2n) is 4.90. The van der Waals surface area contributed by atoms with Gasteiger partial charge < -0.3 is 20.5 Å². The van der Waals surface area contributed by atoms with Crippen LogP contribution in [-0.4, -0.2) is 36.6 Å². The van der Waals surface area contributed by atoms with Crippen LogP contribution in [0.25, 0.3) is 0 Å². The maximum absolute atomic E-state index is 11.8. The van der Waals surface area contributed by atoms with Crippen LogP contribution in [0.3, 0.4) is 0 Å². The first-order valence-electron chi connectivity index (χ1n) is 7.27. The molecule has 0 aliphatic carbocycles. The average molecular weight is 349 g/mol. The van der Waals surface area contributed by atoms with E-state index in [4.69, 9.17) is 16.3 Å². The minimum absolute atomic E-state index is 0.0234. The zero-order chi connectivity index (χ0) is 17.4. The molecular weight excluding hydrogens is 332 g/mol. The maximum atomic E-state index is 11.8. The van der Waals surface area contributed by atoms with Gasteiger partial charge in [-0.2, -0.15) is 0 Å². The average Bonchev–Trinajstić information content (AvgIpc) is 2.58. The standard InChI is InChI=1S/C17H17ClN2O4/c18-13-4-6-15(7-5-13)24-11-16(22)19-8-9-20-17(23)12-2-1-3-14(21)10-12/h1-7,10,21H,8-9,11H2,(H,19,22)(H,20,23). The van der Waals surface area contributed by atoms with Crippen LogP contribution in [0.1, 0.15) is 10.4 Å². The third kappa shape index (κ3) is 5.81. The molecule has 0 aromatic heterocycles. The van der Waals surface area contributed by atoms with E-state index in [-0.39, 0.29) is 37.3 Å². The Morgan fingerprint density at radius 2 is 1.75 bits per heavy atom. The van der Waals surface area contributed by atoms with Crippen molar-refractivity contribution >= 4 is 23.4 Å². The van der Waals surface area contributed by atoms with Gasteiger partial charge in [-0.3, -0.25) is 9.59 Å². The Bertz CT molecular complexity index is 704. The first-order chi connectivity index (χ1) is 11.5. The lowest BCUT2D eigenvalue weighted by Gasteiger charge is -2.09. The van der Waals surface area contributed by atoms with E-state index in [1.807, 2.05) is 0 Å². The van der Waals surface area contributed by atoms with Gasteiger partial charge in [-0.05, 0) is 42.5 Å². The summed E-state index contributed by atoms with van der Waals surface area (Å²) >= 11 is 5.75. The van der Waals surface area contributed by atoms with Gasteiger partial charge in [0.25, 0.3) is 11.8 Å². The minimum atomic E-state index is -0.322. The van der Waals surface area contributed by atoms with E-state index in [0.29, 0.717) is 16.3 Å². The fraction of sp³-hybridized carbons (Fsp3) is 0.176. The topological polar surface area (TPSA) is 87.7 Å². The number of rotatable bonds is 7. The summed E-state index contributed by atoms with van der Waals surface area (Å²) in [6.45, 7) is 0.413. The Balaban J connectivity index is 1.64. The zero-order valence-corrected chi connectivity index (χ0v) is 13.5. The second kappa shape index (κ2) is 8.79. The number of amides is 2. The SMILES string of the molecule is O=C(COc1ccc(Cl)cc1)NCCNC(=O)c1cccc(O)c1. The lowest BCUT2D eigenvalue weighted by molar-refractivity contribution is -0.123. The molecule has 0 spiro atoms. The first kappa shape index (κ1) is 17.6. The van der Waals surface area contributed by atoms with Gasteiger partial charge in [-0.15, -0.1) is 0 Å². The quantitative estimate of drug-likeness (QED) is 0.668. The number of halogens is 1. The molecule has 7 heteroatoms. The fourth-order valence-electron chi connectivity index (χ4n) is 1.86. The third-order valence-corrected chi connectivity index (χ3v) is 3.28.